The first-order valence-electron chi connectivity index (χ1n) is 7.69. The van der Waals surface area contributed by atoms with Crippen molar-refractivity contribution in [3.8, 4) is 5.75 Å². The van der Waals surface area contributed by atoms with Crippen LogP contribution >= 0.6 is 0 Å². The molecule has 0 aliphatic carbocycles. The third kappa shape index (κ3) is 4.89. The highest BCUT2D eigenvalue weighted by molar-refractivity contribution is 5.94. The molecule has 122 valence electrons. The Labute approximate surface area is 136 Å². The number of benzene rings is 2. The van der Waals surface area contributed by atoms with E-state index >= 15 is 0 Å². The van der Waals surface area contributed by atoms with E-state index in [2.05, 4.69) is 4.90 Å². The first kappa shape index (κ1) is 17.2. The summed E-state index contributed by atoms with van der Waals surface area (Å²) in [4.78, 5) is 13.7. The molecule has 0 aliphatic rings. The van der Waals surface area contributed by atoms with Gasteiger partial charge in [-0.2, -0.15) is 0 Å². The predicted octanol–water partition coefficient (Wildman–Crippen LogP) is 4.06. The van der Waals surface area contributed by atoms with Crippen molar-refractivity contribution in [1.82, 2.24) is 4.90 Å². The fourth-order valence-electron chi connectivity index (χ4n) is 2.51. The standard InChI is InChI=1S/C19H22FNO2/c1-4-23-19-9-8-16(14(2)22)11-17(19)13-21(3)12-15-6-5-7-18(20)10-15/h5-11H,4,12-13H2,1-3H3. The first-order chi connectivity index (χ1) is 11.0. The number of Topliss-reactive ketones (excluding diaryl/α,β-unsaturated/α-hetero) is 1. The zero-order valence-corrected chi connectivity index (χ0v) is 13.8. The van der Waals surface area contributed by atoms with Crippen LogP contribution in [0.25, 0.3) is 0 Å². The molecule has 0 spiro atoms. The van der Waals surface area contributed by atoms with Gasteiger partial charge >= 0.3 is 0 Å². The third-order valence-electron chi connectivity index (χ3n) is 3.55. The van der Waals surface area contributed by atoms with E-state index in [0.717, 1.165) is 16.9 Å². The molecule has 0 amide bonds. The van der Waals surface area contributed by atoms with E-state index in [0.29, 0.717) is 25.3 Å². The van der Waals surface area contributed by atoms with Crippen molar-refractivity contribution in [2.45, 2.75) is 26.9 Å². The SMILES string of the molecule is CCOc1ccc(C(C)=O)cc1CN(C)Cc1cccc(F)c1. The third-order valence-corrected chi connectivity index (χ3v) is 3.55. The molecular formula is C19H22FNO2. The van der Waals surface area contributed by atoms with Gasteiger partial charge in [0.25, 0.3) is 0 Å². The van der Waals surface area contributed by atoms with Gasteiger partial charge in [-0.05, 0) is 56.8 Å². The Bertz CT molecular complexity index is 685. The molecule has 0 unspecified atom stereocenters. The Morgan fingerprint density at radius 2 is 1.96 bits per heavy atom. The van der Waals surface area contributed by atoms with Gasteiger partial charge in [0, 0.05) is 24.2 Å². The van der Waals surface area contributed by atoms with E-state index in [1.165, 1.54) is 12.1 Å². The van der Waals surface area contributed by atoms with Crippen molar-refractivity contribution in [2.24, 2.45) is 0 Å². The highest BCUT2D eigenvalue weighted by atomic mass is 19.1. The Balaban J connectivity index is 2.16. The van der Waals surface area contributed by atoms with Crippen LogP contribution in [0.1, 0.15) is 35.3 Å². The van der Waals surface area contributed by atoms with Crippen LogP contribution in [0.4, 0.5) is 4.39 Å². The van der Waals surface area contributed by atoms with Crippen LogP contribution in [0.15, 0.2) is 42.5 Å². The minimum Gasteiger partial charge on any atom is -0.494 e. The second-order valence-corrected chi connectivity index (χ2v) is 5.61. The average molecular weight is 315 g/mol. The molecule has 4 heteroatoms. The molecular weight excluding hydrogens is 293 g/mol. The zero-order chi connectivity index (χ0) is 16.8. The molecule has 0 aliphatic heterocycles. The fourth-order valence-corrected chi connectivity index (χ4v) is 2.51. The maximum atomic E-state index is 13.3. The number of nitrogens with zero attached hydrogens (tertiary/aromatic N) is 1. The zero-order valence-electron chi connectivity index (χ0n) is 13.8. The van der Waals surface area contributed by atoms with Crippen LogP contribution in [0.5, 0.6) is 5.75 Å². The molecule has 0 aromatic heterocycles. The molecule has 0 N–H and O–H groups in total. The molecule has 2 rings (SSSR count). The summed E-state index contributed by atoms with van der Waals surface area (Å²) in [7, 11) is 1.96. The molecule has 0 bridgehead atoms. The van der Waals surface area contributed by atoms with Crippen molar-refractivity contribution in [3.63, 3.8) is 0 Å². The second kappa shape index (κ2) is 7.88. The highest BCUT2D eigenvalue weighted by Crippen LogP contribution is 2.23. The molecule has 3 nitrogen and oxygen atoms in total. The predicted molar refractivity (Wildman–Crippen MR) is 89.2 cm³/mol. The molecule has 0 heterocycles. The number of ether oxygens (including phenoxy) is 1. The van der Waals surface area contributed by atoms with Crippen molar-refractivity contribution in [2.75, 3.05) is 13.7 Å². The number of ketones is 1. The number of carbonyl (C=O) groups is 1. The maximum Gasteiger partial charge on any atom is 0.159 e. The average Bonchev–Trinajstić information content (AvgIpc) is 2.49. The topological polar surface area (TPSA) is 29.5 Å². The van der Waals surface area contributed by atoms with Gasteiger partial charge in [0.1, 0.15) is 11.6 Å². The molecule has 0 fully saturated rings. The molecule has 0 saturated heterocycles. The largest absolute Gasteiger partial charge is 0.494 e. The van der Waals surface area contributed by atoms with E-state index in [9.17, 15) is 9.18 Å². The van der Waals surface area contributed by atoms with Crippen molar-refractivity contribution in [3.05, 3.63) is 65.0 Å². The Hall–Kier alpha value is -2.20. The van der Waals surface area contributed by atoms with Gasteiger partial charge in [-0.1, -0.05) is 12.1 Å². The number of carbonyl (C=O) groups excluding carboxylic acids is 1. The van der Waals surface area contributed by atoms with Crippen LogP contribution < -0.4 is 4.74 Å². The van der Waals surface area contributed by atoms with Gasteiger partial charge < -0.3 is 4.74 Å². The molecule has 23 heavy (non-hydrogen) atoms. The molecule has 2 aromatic carbocycles. The van der Waals surface area contributed by atoms with Gasteiger partial charge in [0.15, 0.2) is 5.78 Å². The second-order valence-electron chi connectivity index (χ2n) is 5.61. The molecule has 2 aromatic rings. The van der Waals surface area contributed by atoms with Crippen molar-refractivity contribution >= 4 is 5.78 Å². The lowest BCUT2D eigenvalue weighted by molar-refractivity contribution is 0.101. The summed E-state index contributed by atoms with van der Waals surface area (Å²) in [6, 6.07) is 12.1. The number of hydrogen-bond acceptors (Lipinski definition) is 3. The van der Waals surface area contributed by atoms with Gasteiger partial charge in [-0.3, -0.25) is 9.69 Å². The van der Waals surface area contributed by atoms with E-state index in [1.54, 1.807) is 19.1 Å². The minimum absolute atomic E-state index is 0.0297. The van der Waals surface area contributed by atoms with E-state index in [4.69, 9.17) is 4.74 Å². The number of hydrogen-bond donors (Lipinski definition) is 0. The maximum absolute atomic E-state index is 13.3. The lowest BCUT2D eigenvalue weighted by atomic mass is 10.1. The Morgan fingerprint density at radius 1 is 1.17 bits per heavy atom. The summed E-state index contributed by atoms with van der Waals surface area (Å²) in [5.74, 6) is 0.579. The van der Waals surface area contributed by atoms with Crippen molar-refractivity contribution < 1.29 is 13.9 Å². The lowest BCUT2D eigenvalue weighted by Crippen LogP contribution is -2.18. The quantitative estimate of drug-likeness (QED) is 0.722. The first-order valence-corrected chi connectivity index (χ1v) is 7.69. The Morgan fingerprint density at radius 3 is 2.61 bits per heavy atom. The Kier molecular flexibility index (Phi) is 5.88. The van der Waals surface area contributed by atoms with Crippen LogP contribution in [0.3, 0.4) is 0 Å². The van der Waals surface area contributed by atoms with Gasteiger partial charge in [0.05, 0.1) is 6.61 Å². The van der Waals surface area contributed by atoms with Crippen LogP contribution in [0, 0.1) is 5.82 Å². The summed E-state index contributed by atoms with van der Waals surface area (Å²) in [6.07, 6.45) is 0. The highest BCUT2D eigenvalue weighted by Gasteiger charge is 2.11. The van der Waals surface area contributed by atoms with E-state index in [-0.39, 0.29) is 11.6 Å². The molecule has 0 radical (unpaired) electrons. The van der Waals surface area contributed by atoms with Gasteiger partial charge in [-0.25, -0.2) is 4.39 Å². The molecule has 0 saturated carbocycles. The lowest BCUT2D eigenvalue weighted by Gasteiger charge is -2.19. The molecule has 0 atom stereocenters. The summed E-state index contributed by atoms with van der Waals surface area (Å²) >= 11 is 0. The van der Waals surface area contributed by atoms with Crippen LogP contribution in [-0.4, -0.2) is 24.3 Å². The number of halogens is 1. The van der Waals surface area contributed by atoms with Gasteiger partial charge in [0.2, 0.25) is 0 Å². The summed E-state index contributed by atoms with van der Waals surface area (Å²) in [5, 5.41) is 0. The number of rotatable bonds is 7. The normalized spacial score (nSPS) is 10.8. The van der Waals surface area contributed by atoms with Gasteiger partial charge in [-0.15, -0.1) is 0 Å². The minimum atomic E-state index is -0.232. The summed E-state index contributed by atoms with van der Waals surface area (Å²) in [5.41, 5.74) is 2.54. The van der Waals surface area contributed by atoms with Crippen molar-refractivity contribution in [1.29, 1.82) is 0 Å². The van der Waals surface area contributed by atoms with E-state index in [1.807, 2.05) is 32.2 Å². The monoisotopic (exact) mass is 315 g/mol. The fraction of sp³-hybridized carbons (Fsp3) is 0.316. The summed E-state index contributed by atoms with van der Waals surface area (Å²) < 4.78 is 18.9. The van der Waals surface area contributed by atoms with Crippen LogP contribution in [-0.2, 0) is 13.1 Å². The smallest absolute Gasteiger partial charge is 0.159 e. The van der Waals surface area contributed by atoms with Crippen LogP contribution in [0.2, 0.25) is 0 Å². The summed E-state index contributed by atoms with van der Waals surface area (Å²) in [6.45, 7) is 5.29. The van der Waals surface area contributed by atoms with E-state index < -0.39 is 0 Å².